The molecular weight excluding hydrogens is 805 g/mol. The van der Waals surface area contributed by atoms with E-state index in [9.17, 15) is 0 Å². The lowest BCUT2D eigenvalue weighted by Gasteiger charge is -2.14. The maximum Gasteiger partial charge on any atom is 0.157 e. The zero-order chi connectivity index (χ0) is 45.0. The molecule has 0 atom stereocenters. The Morgan fingerprint density at radius 3 is 1.79 bits per heavy atom. The van der Waals surface area contributed by atoms with Crippen molar-refractivity contribution in [2.75, 3.05) is 0 Å². The van der Waals surface area contributed by atoms with Crippen LogP contribution in [0.4, 0.5) is 0 Å². The molecule has 5 nitrogen and oxygen atoms in total. The van der Waals surface area contributed by atoms with Gasteiger partial charge < -0.3 is 4.42 Å². The van der Waals surface area contributed by atoms with Crippen molar-refractivity contribution in [3.8, 4) is 22.3 Å². The highest BCUT2D eigenvalue weighted by Gasteiger charge is 2.20. The van der Waals surface area contributed by atoms with E-state index in [4.69, 9.17) is 24.4 Å². The summed E-state index contributed by atoms with van der Waals surface area (Å²) in [6, 6.07) is 64.8. The molecule has 10 rings (SSSR count). The van der Waals surface area contributed by atoms with E-state index in [1.54, 1.807) is 0 Å². The van der Waals surface area contributed by atoms with Gasteiger partial charge in [0, 0.05) is 56.5 Å². The summed E-state index contributed by atoms with van der Waals surface area (Å²) in [5.41, 5.74) is 17.0. The quantitative estimate of drug-likeness (QED) is 0.0740. The minimum Gasteiger partial charge on any atom is -0.454 e. The van der Waals surface area contributed by atoms with Crippen LogP contribution in [0.2, 0.25) is 0 Å². The number of nitrogens with zero attached hydrogens (tertiary/aromatic N) is 4. The molecule has 66 heavy (non-hydrogen) atoms. The van der Waals surface area contributed by atoms with Crippen LogP contribution in [-0.4, -0.2) is 21.4 Å². The first-order valence-electron chi connectivity index (χ1n) is 22.2. The molecule has 316 valence electrons. The number of aromatic nitrogens is 2. The third kappa shape index (κ3) is 8.34. The molecule has 3 aromatic heterocycles. The Balaban J connectivity index is 1.09. The minimum atomic E-state index is 0.729. The van der Waals surface area contributed by atoms with Crippen molar-refractivity contribution in [2.45, 2.75) is 20.8 Å². The number of pyridine rings is 2. The number of aryl methyl sites for hydroxylation is 1. The predicted molar refractivity (Wildman–Crippen MR) is 277 cm³/mol. The number of rotatable bonds is 11. The molecule has 5 heteroatoms. The smallest absolute Gasteiger partial charge is 0.157 e. The Bertz CT molecular complexity index is 3490. The average Bonchev–Trinajstić information content (AvgIpc) is 3.72. The van der Waals surface area contributed by atoms with Gasteiger partial charge in [0.2, 0.25) is 0 Å². The van der Waals surface area contributed by atoms with Gasteiger partial charge in [-0.25, -0.2) is 4.99 Å². The first-order valence-corrected chi connectivity index (χ1v) is 22.2. The maximum atomic E-state index is 6.69. The third-order valence-electron chi connectivity index (χ3n) is 12.1. The van der Waals surface area contributed by atoms with Gasteiger partial charge in [-0.15, -0.1) is 0 Å². The van der Waals surface area contributed by atoms with Crippen LogP contribution in [0.15, 0.2) is 234 Å². The summed E-state index contributed by atoms with van der Waals surface area (Å²) in [6.45, 7) is 10.7. The Labute approximate surface area is 385 Å². The fourth-order valence-corrected chi connectivity index (χ4v) is 8.61. The van der Waals surface area contributed by atoms with E-state index in [1.165, 1.54) is 0 Å². The third-order valence-corrected chi connectivity index (χ3v) is 12.1. The first kappa shape index (κ1) is 41.5. The standard InChI is InChI=1S/C61H46N4O/c1-5-55(51-37-49(45-21-11-7-12-22-45)36-50(38-51)46-23-13-8-14-24-46)65-59(61-41(3)52-26-15-16-28-57(52)66-61)47-31-29-44(30-32-47)42(4)64-56(35-40(2)43-19-9-6-10-20-43)54-39-48-25-17-33-62-58(48)60-53(54)27-18-34-63-60/h5-39H,2H2,1,3-4H3/b55-5-,56-35-,64-42?,65-59?. The highest BCUT2D eigenvalue weighted by Crippen LogP contribution is 2.36. The lowest BCUT2D eigenvalue weighted by atomic mass is 9.94. The average molecular weight is 851 g/mol. The Hall–Kier alpha value is -8.54. The van der Waals surface area contributed by atoms with E-state index in [2.05, 4.69) is 172 Å². The van der Waals surface area contributed by atoms with Crippen molar-refractivity contribution in [1.82, 2.24) is 9.97 Å². The molecule has 0 aliphatic heterocycles. The van der Waals surface area contributed by atoms with Crippen LogP contribution in [0.5, 0.6) is 0 Å². The number of hydrogen-bond donors (Lipinski definition) is 0. The molecule has 0 saturated carbocycles. The minimum absolute atomic E-state index is 0.729. The van der Waals surface area contributed by atoms with E-state index in [0.29, 0.717) is 0 Å². The number of allylic oxidation sites excluding steroid dienone is 3. The molecule has 0 N–H and O–H groups in total. The monoisotopic (exact) mass is 850 g/mol. The highest BCUT2D eigenvalue weighted by molar-refractivity contribution is 6.16. The summed E-state index contributed by atoms with van der Waals surface area (Å²) in [5, 5.41) is 3.01. The molecule has 7 aromatic carbocycles. The van der Waals surface area contributed by atoms with Gasteiger partial charge in [-0.2, -0.15) is 0 Å². The van der Waals surface area contributed by atoms with Crippen molar-refractivity contribution < 1.29 is 4.42 Å². The fourth-order valence-electron chi connectivity index (χ4n) is 8.61. The van der Waals surface area contributed by atoms with Crippen LogP contribution in [0.1, 0.15) is 53.0 Å². The van der Waals surface area contributed by atoms with E-state index in [-0.39, 0.29) is 0 Å². The molecule has 0 spiro atoms. The van der Waals surface area contributed by atoms with Crippen LogP contribution in [0, 0.1) is 6.92 Å². The molecule has 3 heterocycles. The molecule has 0 aliphatic rings. The van der Waals surface area contributed by atoms with E-state index >= 15 is 0 Å². The van der Waals surface area contributed by atoms with Crippen molar-refractivity contribution in [1.29, 1.82) is 0 Å². The zero-order valence-electron chi connectivity index (χ0n) is 37.1. The van der Waals surface area contributed by atoms with E-state index < -0.39 is 0 Å². The van der Waals surface area contributed by atoms with Crippen LogP contribution < -0.4 is 0 Å². The molecule has 0 radical (unpaired) electrons. The maximum absolute atomic E-state index is 6.69. The highest BCUT2D eigenvalue weighted by atomic mass is 16.3. The van der Waals surface area contributed by atoms with Crippen LogP contribution >= 0.6 is 0 Å². The number of hydrogen-bond acceptors (Lipinski definition) is 5. The van der Waals surface area contributed by atoms with Gasteiger partial charge >= 0.3 is 0 Å². The summed E-state index contributed by atoms with van der Waals surface area (Å²) in [4.78, 5) is 20.4. The van der Waals surface area contributed by atoms with Gasteiger partial charge in [0.05, 0.1) is 22.4 Å². The van der Waals surface area contributed by atoms with E-state index in [1.807, 2.05) is 67.8 Å². The van der Waals surface area contributed by atoms with Crippen LogP contribution in [-0.2, 0) is 0 Å². The SMILES string of the molecule is C=C(/C=C(\N=C(C)c1ccc(C(=N/C(=C\C)c2cc(-c3ccccc3)cc(-c3ccccc3)c2)c2oc3ccccc3c2C)cc1)c1cc2cccnc2c2ncccc12)c1ccccc1. The largest absolute Gasteiger partial charge is 0.454 e. The number of fused-ring (bicyclic) bond motifs is 4. The second-order valence-electron chi connectivity index (χ2n) is 16.3. The fraction of sp³-hybridized carbons (Fsp3) is 0.0492. The lowest BCUT2D eigenvalue weighted by molar-refractivity contribution is 0.602. The topological polar surface area (TPSA) is 63.6 Å². The normalized spacial score (nSPS) is 12.6. The number of aliphatic imine (C=N–C) groups is 2. The molecule has 0 saturated heterocycles. The summed E-state index contributed by atoms with van der Waals surface area (Å²) < 4.78 is 6.69. The molecule has 10 aromatic rings. The summed E-state index contributed by atoms with van der Waals surface area (Å²) in [5.74, 6) is 0.729. The number of benzene rings is 7. The van der Waals surface area contributed by atoms with Crippen molar-refractivity contribution in [2.24, 2.45) is 9.98 Å². The van der Waals surface area contributed by atoms with E-state index in [0.717, 1.165) is 123 Å². The molecular formula is C61H46N4O. The summed E-state index contributed by atoms with van der Waals surface area (Å²) in [6.07, 6.45) is 7.78. The van der Waals surface area contributed by atoms with Gasteiger partial charge in [-0.05, 0) is 108 Å². The molecule has 0 unspecified atom stereocenters. The summed E-state index contributed by atoms with van der Waals surface area (Å²) in [7, 11) is 0. The second-order valence-corrected chi connectivity index (χ2v) is 16.3. The Morgan fingerprint density at radius 2 is 1.12 bits per heavy atom. The van der Waals surface area contributed by atoms with Crippen LogP contribution in [0.25, 0.3) is 72.0 Å². The molecule has 0 amide bonds. The zero-order valence-corrected chi connectivity index (χ0v) is 37.1. The van der Waals surface area contributed by atoms with Gasteiger partial charge in [-0.3, -0.25) is 15.0 Å². The molecule has 0 bridgehead atoms. The van der Waals surface area contributed by atoms with Crippen molar-refractivity contribution in [3.05, 3.63) is 258 Å². The van der Waals surface area contributed by atoms with Gasteiger partial charge in [0.15, 0.2) is 5.76 Å². The Kier molecular flexibility index (Phi) is 11.5. The van der Waals surface area contributed by atoms with Gasteiger partial charge in [0.25, 0.3) is 0 Å². The summed E-state index contributed by atoms with van der Waals surface area (Å²) >= 11 is 0. The lowest BCUT2D eigenvalue weighted by Crippen LogP contribution is -2.06. The second kappa shape index (κ2) is 18.3. The van der Waals surface area contributed by atoms with Gasteiger partial charge in [0.1, 0.15) is 11.3 Å². The van der Waals surface area contributed by atoms with Crippen molar-refractivity contribution >= 4 is 61.2 Å². The predicted octanol–water partition coefficient (Wildman–Crippen LogP) is 15.6. The van der Waals surface area contributed by atoms with Gasteiger partial charge in [-0.1, -0.05) is 158 Å². The molecule has 0 fully saturated rings. The number of furan rings is 1. The molecule has 0 aliphatic carbocycles. The number of para-hydroxylation sites is 1. The Morgan fingerprint density at radius 1 is 0.530 bits per heavy atom. The van der Waals surface area contributed by atoms with Crippen LogP contribution in [0.3, 0.4) is 0 Å². The first-order chi connectivity index (χ1) is 32.4. The van der Waals surface area contributed by atoms with Crippen molar-refractivity contribution in [3.63, 3.8) is 0 Å².